The van der Waals surface area contributed by atoms with Crippen LogP contribution < -0.4 is 5.32 Å². The van der Waals surface area contributed by atoms with Gasteiger partial charge in [0.05, 0.1) is 0 Å². The van der Waals surface area contributed by atoms with E-state index in [4.69, 9.17) is 12.2 Å². The fourth-order valence-electron chi connectivity index (χ4n) is 5.90. The molecule has 4 aromatic carbocycles. The normalized spacial score (nSPS) is 11.4. The number of nitrogens with one attached hydrogen (secondary N) is 1. The summed E-state index contributed by atoms with van der Waals surface area (Å²) in [7, 11) is -1.88. The Labute approximate surface area is 239 Å². The third-order valence-corrected chi connectivity index (χ3v) is 14.2. The largest absolute Gasteiger partial charge is 0.341 e. The first-order valence-electron chi connectivity index (χ1n) is 13.2. The first kappa shape index (κ1) is 28.0. The van der Waals surface area contributed by atoms with Gasteiger partial charge in [-0.2, -0.15) is 0 Å². The van der Waals surface area contributed by atoms with E-state index in [1.165, 1.54) is 10.8 Å². The molecule has 0 aromatic heterocycles. The predicted molar refractivity (Wildman–Crippen MR) is 177 cm³/mol. The summed E-state index contributed by atoms with van der Waals surface area (Å²) < 4.78 is 0.444. The van der Waals surface area contributed by atoms with Gasteiger partial charge in [-0.05, 0) is 62.4 Å². The molecule has 0 saturated carbocycles. The maximum absolute atomic E-state index is 5.02. The molecule has 4 heteroatoms. The third-order valence-electron chi connectivity index (χ3n) is 7.67. The van der Waals surface area contributed by atoms with Crippen LogP contribution in [0.5, 0.6) is 0 Å². The van der Waals surface area contributed by atoms with E-state index < -0.39 is 8.07 Å². The summed E-state index contributed by atoms with van der Waals surface area (Å²) in [5.41, 5.74) is 9.73. The molecular formula is C34H35NS2Si. The number of benzene rings is 4. The lowest BCUT2D eigenvalue weighted by atomic mass is 9.92. The van der Waals surface area contributed by atoms with Crippen molar-refractivity contribution in [3.8, 4) is 23.3 Å². The second-order valence-electron chi connectivity index (χ2n) is 10.7. The first-order chi connectivity index (χ1) is 18.1. The van der Waals surface area contributed by atoms with Crippen LogP contribution in [-0.2, 0) is 0 Å². The SMILES string of the molecule is CC(C)[Si](C#Cc1c2ccccc2c(C#Cc2ccc(NC(=S)S)cc2)c2ccccc12)(C(C)C)C(C)C. The highest BCUT2D eigenvalue weighted by Gasteiger charge is 2.41. The molecule has 0 heterocycles. The van der Waals surface area contributed by atoms with Crippen LogP contribution in [0.2, 0.25) is 16.6 Å². The third kappa shape index (κ3) is 5.55. The molecule has 192 valence electrons. The number of hydrogen-bond donors (Lipinski definition) is 2. The van der Waals surface area contributed by atoms with Gasteiger partial charge in [-0.3, -0.25) is 0 Å². The molecule has 0 atom stereocenters. The zero-order valence-corrected chi connectivity index (χ0v) is 25.7. The summed E-state index contributed by atoms with van der Waals surface area (Å²) in [6.07, 6.45) is 0. The summed E-state index contributed by atoms with van der Waals surface area (Å²) >= 11 is 9.17. The van der Waals surface area contributed by atoms with Crippen LogP contribution in [0.3, 0.4) is 0 Å². The average Bonchev–Trinajstić information content (AvgIpc) is 2.88. The molecule has 0 fully saturated rings. The van der Waals surface area contributed by atoms with E-state index in [9.17, 15) is 0 Å². The highest BCUT2D eigenvalue weighted by atomic mass is 32.1. The van der Waals surface area contributed by atoms with Gasteiger partial charge < -0.3 is 5.32 Å². The van der Waals surface area contributed by atoms with Crippen molar-refractivity contribution in [3.63, 3.8) is 0 Å². The minimum atomic E-state index is -1.88. The lowest BCUT2D eigenvalue weighted by molar-refractivity contribution is 0.838. The smallest absolute Gasteiger partial charge is 0.146 e. The van der Waals surface area contributed by atoms with E-state index in [0.717, 1.165) is 33.2 Å². The molecule has 0 spiro atoms. The number of thiocarbonyl (C=S) groups is 1. The summed E-state index contributed by atoms with van der Waals surface area (Å²) in [6.45, 7) is 14.2. The number of hydrogen-bond acceptors (Lipinski definition) is 1. The molecule has 0 aliphatic carbocycles. The highest BCUT2D eigenvalue weighted by Crippen LogP contribution is 2.41. The van der Waals surface area contributed by atoms with Crippen molar-refractivity contribution >= 4 is 64.5 Å². The fourth-order valence-corrected chi connectivity index (χ4v) is 11.4. The fraction of sp³-hybridized carbons (Fsp3) is 0.265. The Morgan fingerprint density at radius 1 is 0.658 bits per heavy atom. The zero-order chi connectivity index (χ0) is 27.4. The second kappa shape index (κ2) is 11.8. The van der Waals surface area contributed by atoms with Crippen LogP contribution in [0.4, 0.5) is 5.69 Å². The number of anilines is 1. The van der Waals surface area contributed by atoms with E-state index >= 15 is 0 Å². The van der Waals surface area contributed by atoms with Crippen molar-refractivity contribution in [2.45, 2.75) is 58.2 Å². The van der Waals surface area contributed by atoms with Gasteiger partial charge in [-0.25, -0.2) is 0 Å². The molecule has 4 rings (SSSR count). The Balaban J connectivity index is 1.93. The zero-order valence-electron chi connectivity index (χ0n) is 23.0. The Morgan fingerprint density at radius 2 is 1.08 bits per heavy atom. The van der Waals surface area contributed by atoms with Crippen LogP contribution in [0, 0.1) is 23.3 Å². The van der Waals surface area contributed by atoms with Crippen LogP contribution in [0.15, 0.2) is 72.8 Å². The first-order valence-corrected chi connectivity index (χ1v) is 16.3. The highest BCUT2D eigenvalue weighted by molar-refractivity contribution is 8.11. The van der Waals surface area contributed by atoms with Gasteiger partial charge in [0.2, 0.25) is 0 Å². The average molecular weight is 550 g/mol. The molecule has 0 saturated heterocycles. The molecule has 1 nitrogen and oxygen atoms in total. The van der Waals surface area contributed by atoms with Gasteiger partial charge in [0.1, 0.15) is 12.4 Å². The minimum absolute atomic E-state index is 0.444. The van der Waals surface area contributed by atoms with Crippen molar-refractivity contribution < 1.29 is 0 Å². The lowest BCUT2D eigenvalue weighted by Crippen LogP contribution is -2.43. The van der Waals surface area contributed by atoms with E-state index in [2.05, 4.69) is 131 Å². The molecule has 1 N–H and O–H groups in total. The van der Waals surface area contributed by atoms with Crippen LogP contribution in [0.1, 0.15) is 58.2 Å². The van der Waals surface area contributed by atoms with Gasteiger partial charge in [0.25, 0.3) is 0 Å². The number of rotatable bonds is 4. The van der Waals surface area contributed by atoms with Crippen LogP contribution in [0.25, 0.3) is 21.5 Å². The molecule has 0 aliphatic rings. The van der Waals surface area contributed by atoms with E-state index in [0.29, 0.717) is 20.9 Å². The minimum Gasteiger partial charge on any atom is -0.341 e. The molecule has 0 radical (unpaired) electrons. The van der Waals surface area contributed by atoms with Crippen molar-refractivity contribution in [3.05, 3.63) is 89.5 Å². The molecule has 0 unspecified atom stereocenters. The van der Waals surface area contributed by atoms with Gasteiger partial charge in [0, 0.05) is 22.4 Å². The molecular weight excluding hydrogens is 515 g/mol. The topological polar surface area (TPSA) is 12.0 Å². The van der Waals surface area contributed by atoms with Gasteiger partial charge in [-0.1, -0.05) is 120 Å². The summed E-state index contributed by atoms with van der Waals surface area (Å²) in [5, 5.41) is 7.67. The number of fused-ring (bicyclic) bond motifs is 2. The molecule has 0 aliphatic heterocycles. The molecule has 38 heavy (non-hydrogen) atoms. The Hall–Kier alpha value is -3.02. The van der Waals surface area contributed by atoms with Gasteiger partial charge >= 0.3 is 0 Å². The van der Waals surface area contributed by atoms with Crippen molar-refractivity contribution in [1.29, 1.82) is 0 Å². The Kier molecular flexibility index (Phi) is 8.69. The maximum Gasteiger partial charge on any atom is 0.146 e. The van der Waals surface area contributed by atoms with E-state index in [1.54, 1.807) is 0 Å². The lowest BCUT2D eigenvalue weighted by Gasteiger charge is -2.38. The second-order valence-corrected chi connectivity index (χ2v) is 17.5. The maximum atomic E-state index is 5.02. The standard InChI is InChI=1S/C34H35NS2Si/c1-23(2)38(24(3)4,25(5)6)22-21-33-30-13-9-7-11-28(30)32(29-12-8-10-14-31(29)33)20-17-26-15-18-27(19-16-26)35-34(36)37/h7-16,18-19,23-25H,1-6H3,(H2,35,36,37). The summed E-state index contributed by atoms with van der Waals surface area (Å²) in [5.74, 6) is 10.7. The summed E-state index contributed by atoms with van der Waals surface area (Å²) in [4.78, 5) is 0. The van der Waals surface area contributed by atoms with E-state index in [-0.39, 0.29) is 0 Å². The van der Waals surface area contributed by atoms with Crippen LogP contribution in [-0.4, -0.2) is 12.4 Å². The van der Waals surface area contributed by atoms with Crippen LogP contribution >= 0.6 is 24.8 Å². The van der Waals surface area contributed by atoms with Crippen molar-refractivity contribution in [2.75, 3.05) is 5.32 Å². The van der Waals surface area contributed by atoms with Gasteiger partial charge in [0.15, 0.2) is 0 Å². The van der Waals surface area contributed by atoms with Crippen molar-refractivity contribution in [2.24, 2.45) is 0 Å². The Morgan fingerprint density at radius 3 is 1.47 bits per heavy atom. The molecule has 0 amide bonds. The summed E-state index contributed by atoms with van der Waals surface area (Å²) in [6, 6.07) is 25.1. The van der Waals surface area contributed by atoms with E-state index in [1.807, 2.05) is 24.3 Å². The number of thiol groups is 1. The monoisotopic (exact) mass is 549 g/mol. The van der Waals surface area contributed by atoms with Crippen molar-refractivity contribution in [1.82, 2.24) is 0 Å². The predicted octanol–water partition coefficient (Wildman–Crippen LogP) is 9.59. The molecule has 0 bridgehead atoms. The molecule has 4 aromatic rings. The Bertz CT molecular complexity index is 1530. The van der Waals surface area contributed by atoms with Gasteiger partial charge in [-0.15, -0.1) is 18.2 Å². The quantitative estimate of drug-likeness (QED) is 0.0864.